The zero-order valence-corrected chi connectivity index (χ0v) is 16.8. The molecule has 1 N–H and O–H groups in total. The lowest BCUT2D eigenvalue weighted by molar-refractivity contribution is -0.522. The van der Waals surface area contributed by atoms with Crippen molar-refractivity contribution in [2.24, 2.45) is 11.8 Å². The van der Waals surface area contributed by atoms with E-state index in [-0.39, 0.29) is 35.5 Å². The average Bonchev–Trinajstić information content (AvgIpc) is 3.10. The molecule has 6 aliphatic rings. The van der Waals surface area contributed by atoms with E-state index in [1.165, 1.54) is 30.6 Å². The predicted molar refractivity (Wildman–Crippen MR) is 93.5 cm³/mol. The highest BCUT2D eigenvalue weighted by Gasteiger charge is 2.74. The van der Waals surface area contributed by atoms with Crippen molar-refractivity contribution < 1.29 is 38.4 Å². The molecule has 1 aliphatic carbocycles. The Morgan fingerprint density at radius 3 is 3.08 bits per heavy atom. The fourth-order valence-corrected chi connectivity index (χ4v) is 7.53. The van der Waals surface area contributed by atoms with E-state index < -0.39 is 0 Å². The number of hydrogen-bond donors (Lipinski definition) is 1. The first-order valence-corrected chi connectivity index (χ1v) is 9.77. The quantitative estimate of drug-likeness (QED) is 0.317. The van der Waals surface area contributed by atoms with Crippen LogP contribution in [0.5, 0.6) is 0 Å². The zero-order valence-electron chi connectivity index (χ0n) is 14.6. The molecule has 2 saturated heterocycles. The molecule has 26 heavy (non-hydrogen) atoms. The Bertz CT molecular complexity index is 881. The van der Waals surface area contributed by atoms with Crippen molar-refractivity contribution in [2.75, 3.05) is 19.7 Å². The van der Waals surface area contributed by atoms with Gasteiger partial charge in [0.25, 0.3) is 0 Å². The van der Waals surface area contributed by atoms with Gasteiger partial charge in [0.15, 0.2) is 6.04 Å². The van der Waals surface area contributed by atoms with Gasteiger partial charge >= 0.3 is 5.90 Å². The number of nitrogens with zero attached hydrogens (tertiary/aromatic N) is 2. The highest BCUT2D eigenvalue weighted by molar-refractivity contribution is 5.74. The molecule has 1 aromatic carbocycles. The lowest BCUT2D eigenvalue weighted by Gasteiger charge is -2.53. The fraction of sp³-hybridized carbons (Fsp3) is 0.571. The van der Waals surface area contributed by atoms with Gasteiger partial charge in [0.1, 0.15) is 0 Å². The molecule has 6 unspecified atom stereocenters. The second kappa shape index (κ2) is 5.11. The summed E-state index contributed by atoms with van der Waals surface area (Å²) in [6.45, 7) is 3.03. The van der Waals surface area contributed by atoms with Gasteiger partial charge in [-0.25, -0.2) is 0 Å². The Morgan fingerprint density at radius 1 is 1.27 bits per heavy atom. The summed E-state index contributed by atoms with van der Waals surface area (Å²) in [5.41, 5.74) is 4.52. The van der Waals surface area contributed by atoms with Crippen molar-refractivity contribution in [1.82, 2.24) is 4.90 Å². The van der Waals surface area contributed by atoms with Crippen LogP contribution in [0.3, 0.4) is 0 Å². The monoisotopic (exact) mass is 462 g/mol. The number of aliphatic hydroxyl groups excluding tert-OH is 1. The third-order valence-corrected chi connectivity index (χ3v) is 8.23. The van der Waals surface area contributed by atoms with Crippen LogP contribution in [0.15, 0.2) is 35.9 Å². The molecule has 2 bridgehead atoms. The van der Waals surface area contributed by atoms with Crippen LogP contribution in [0, 0.1) is 11.8 Å². The summed E-state index contributed by atoms with van der Waals surface area (Å²) in [7, 11) is 0. The molecule has 1 spiro atoms. The maximum atomic E-state index is 11.0. The normalized spacial score (nSPS) is 44.2. The maximum absolute atomic E-state index is 11.0. The lowest BCUT2D eigenvalue weighted by atomic mass is 9.54. The van der Waals surface area contributed by atoms with Crippen molar-refractivity contribution in [3.05, 3.63) is 41.5 Å². The van der Waals surface area contributed by atoms with Crippen molar-refractivity contribution in [2.45, 2.75) is 42.9 Å². The molecular weight excluding hydrogens is 439 g/mol. The minimum Gasteiger partial charge on any atom is -1.00 e. The smallest absolute Gasteiger partial charge is 0.342 e. The standard InChI is InChI=1S/C21H22N2O2.HI/c24-18-10-16-19-13-9-17-21(6-7-22(17)11-12(13)5-8-25-16)14-3-1-2-4-15(14)23(18)20(19)21;/h1-5,13,16-17,19-20H,6-11H2;1H. The number of fused-ring (bicyclic) bond motifs is 2. The van der Waals surface area contributed by atoms with Gasteiger partial charge in [0.2, 0.25) is 5.69 Å². The van der Waals surface area contributed by atoms with Gasteiger partial charge in [-0.1, -0.05) is 29.8 Å². The van der Waals surface area contributed by atoms with Crippen LogP contribution in [0.1, 0.15) is 24.8 Å². The van der Waals surface area contributed by atoms with Gasteiger partial charge in [0.05, 0.1) is 30.5 Å². The van der Waals surface area contributed by atoms with E-state index >= 15 is 0 Å². The summed E-state index contributed by atoms with van der Waals surface area (Å²) >= 11 is 0. The molecule has 1 aromatic rings. The number of rotatable bonds is 0. The lowest BCUT2D eigenvalue weighted by Crippen LogP contribution is -3.00. The van der Waals surface area contributed by atoms with Crippen LogP contribution in [0.4, 0.5) is 5.69 Å². The van der Waals surface area contributed by atoms with Crippen LogP contribution >= 0.6 is 0 Å². The third-order valence-electron chi connectivity index (χ3n) is 8.23. The second-order valence-electron chi connectivity index (χ2n) is 8.80. The molecule has 7 rings (SSSR count). The minimum absolute atomic E-state index is 0. The van der Waals surface area contributed by atoms with Crippen LogP contribution in [0.25, 0.3) is 0 Å². The molecule has 6 atom stereocenters. The van der Waals surface area contributed by atoms with E-state index in [1.807, 2.05) is 0 Å². The highest BCUT2D eigenvalue weighted by Crippen LogP contribution is 2.64. The van der Waals surface area contributed by atoms with E-state index in [4.69, 9.17) is 4.74 Å². The topological polar surface area (TPSA) is 35.7 Å². The number of benzene rings is 1. The van der Waals surface area contributed by atoms with Crippen molar-refractivity contribution in [3.63, 3.8) is 0 Å². The molecule has 4 nitrogen and oxygen atoms in total. The summed E-state index contributed by atoms with van der Waals surface area (Å²) < 4.78 is 8.61. The van der Waals surface area contributed by atoms with Crippen LogP contribution in [0.2, 0.25) is 0 Å². The van der Waals surface area contributed by atoms with Crippen LogP contribution < -0.4 is 24.0 Å². The maximum Gasteiger partial charge on any atom is 0.342 e. The highest BCUT2D eigenvalue weighted by atomic mass is 127. The number of ether oxygens (including phenoxy) is 1. The third kappa shape index (κ3) is 1.59. The van der Waals surface area contributed by atoms with Crippen molar-refractivity contribution >= 4 is 11.6 Å². The molecule has 0 amide bonds. The van der Waals surface area contributed by atoms with Crippen LogP contribution in [-0.2, 0) is 10.2 Å². The van der Waals surface area contributed by atoms with E-state index in [9.17, 15) is 5.11 Å². The fourth-order valence-electron chi connectivity index (χ4n) is 7.53. The first kappa shape index (κ1) is 16.1. The van der Waals surface area contributed by atoms with E-state index in [1.54, 1.807) is 5.57 Å². The van der Waals surface area contributed by atoms with Gasteiger partial charge in [-0.05, 0) is 25.3 Å². The Hall–Kier alpha value is -0.920. The molecular formula is C21H23IN2O2. The molecule has 5 aliphatic heterocycles. The molecule has 0 aromatic heterocycles. The van der Waals surface area contributed by atoms with Gasteiger partial charge in [0, 0.05) is 24.2 Å². The SMILES string of the molecule is OC1=[N+]2c3ccccc3C34CCN5CC6=CCOC(C1)C(C6CC53)C24.[I-]. The summed E-state index contributed by atoms with van der Waals surface area (Å²) in [4.78, 5) is 2.73. The van der Waals surface area contributed by atoms with Gasteiger partial charge in [-0.2, -0.15) is 4.58 Å². The van der Waals surface area contributed by atoms with E-state index in [0.717, 1.165) is 6.54 Å². The Labute approximate surface area is 170 Å². The molecule has 1 saturated carbocycles. The Kier molecular flexibility index (Phi) is 3.16. The van der Waals surface area contributed by atoms with Gasteiger partial charge in [-0.15, -0.1) is 0 Å². The Morgan fingerprint density at radius 2 is 2.15 bits per heavy atom. The molecule has 3 fully saturated rings. The summed E-state index contributed by atoms with van der Waals surface area (Å²) in [6.07, 6.45) is 5.67. The zero-order chi connectivity index (χ0) is 16.3. The molecule has 5 heteroatoms. The average molecular weight is 462 g/mol. The Balaban J connectivity index is 0.00000137. The largest absolute Gasteiger partial charge is 1.00 e. The first-order valence-electron chi connectivity index (χ1n) is 9.77. The second-order valence-corrected chi connectivity index (χ2v) is 8.80. The molecule has 136 valence electrons. The van der Waals surface area contributed by atoms with E-state index in [0.29, 0.717) is 42.8 Å². The predicted octanol–water partition coefficient (Wildman–Crippen LogP) is -0.636. The molecule has 5 heterocycles. The number of aliphatic hydroxyl groups is 1. The summed E-state index contributed by atoms with van der Waals surface area (Å²) in [5.74, 6) is 1.67. The number of halogens is 1. The summed E-state index contributed by atoms with van der Waals surface area (Å²) in [5, 5.41) is 11.0. The van der Waals surface area contributed by atoms with Gasteiger partial charge in [-0.3, -0.25) is 4.90 Å². The van der Waals surface area contributed by atoms with Crippen LogP contribution in [-0.4, -0.2) is 58.4 Å². The number of para-hydroxylation sites is 1. The number of piperidine rings is 1. The van der Waals surface area contributed by atoms with Crippen molar-refractivity contribution in [1.29, 1.82) is 0 Å². The minimum atomic E-state index is 0. The molecule has 0 radical (unpaired) electrons. The first-order chi connectivity index (χ1) is 12.3. The number of hydrogen-bond acceptors (Lipinski definition) is 2. The van der Waals surface area contributed by atoms with Gasteiger partial charge < -0.3 is 33.8 Å². The van der Waals surface area contributed by atoms with Crippen molar-refractivity contribution in [3.8, 4) is 0 Å². The summed E-state index contributed by atoms with van der Waals surface area (Å²) in [6, 6.07) is 9.85. The van der Waals surface area contributed by atoms with E-state index in [2.05, 4.69) is 39.8 Å².